The summed E-state index contributed by atoms with van der Waals surface area (Å²) in [7, 11) is 1.63. The third kappa shape index (κ3) is 5.30. The predicted octanol–water partition coefficient (Wildman–Crippen LogP) is 3.50. The van der Waals surface area contributed by atoms with Crippen molar-refractivity contribution < 1.29 is 14.3 Å². The molecule has 5 nitrogen and oxygen atoms in total. The summed E-state index contributed by atoms with van der Waals surface area (Å²) in [4.78, 5) is 28.1. The number of anilines is 1. The number of carbonyl (C=O) groups is 2. The van der Waals surface area contributed by atoms with E-state index in [-0.39, 0.29) is 11.8 Å². The van der Waals surface area contributed by atoms with Crippen LogP contribution in [0, 0.1) is 0 Å². The third-order valence-corrected chi connectivity index (χ3v) is 4.79. The van der Waals surface area contributed by atoms with Gasteiger partial charge in [-0.1, -0.05) is 42.5 Å². The largest absolute Gasteiger partial charge is 0.383 e. The molecule has 0 N–H and O–H groups in total. The molecule has 146 valence electrons. The Bertz CT molecular complexity index is 816. The number of ether oxygens (including phenoxy) is 1. The zero-order chi connectivity index (χ0) is 19.8. The van der Waals surface area contributed by atoms with E-state index in [1.807, 2.05) is 65.6 Å². The number of carbonyl (C=O) groups excluding carboxylic acids is 2. The summed E-state index contributed by atoms with van der Waals surface area (Å²) in [5, 5.41) is 0. The highest BCUT2D eigenvalue weighted by Gasteiger charge is 2.21. The first-order valence-corrected chi connectivity index (χ1v) is 9.57. The van der Waals surface area contributed by atoms with Gasteiger partial charge >= 0.3 is 0 Å². The van der Waals surface area contributed by atoms with Gasteiger partial charge in [-0.15, -0.1) is 0 Å². The molecular weight excluding hydrogens is 352 g/mol. The average molecular weight is 378 g/mol. The average Bonchev–Trinajstić information content (AvgIpc) is 3.16. The molecule has 3 rings (SSSR count). The first-order valence-electron chi connectivity index (χ1n) is 9.57. The molecule has 0 bridgehead atoms. The van der Waals surface area contributed by atoms with Gasteiger partial charge in [-0.3, -0.25) is 9.59 Å². The molecule has 2 aromatic carbocycles. The normalized spacial score (nSPS) is 14.0. The highest BCUT2D eigenvalue weighted by Crippen LogP contribution is 2.22. The Morgan fingerprint density at radius 3 is 2.54 bits per heavy atom. The molecule has 0 aliphatic carbocycles. The van der Waals surface area contributed by atoms with Crippen molar-refractivity contribution in [3.63, 3.8) is 0 Å². The summed E-state index contributed by atoms with van der Waals surface area (Å²) in [6.07, 6.45) is 4.93. The standard InChI is InChI=1S/C23H26N2O3/c1-28-17-16-24(18-20-6-3-2-4-7-20)22(26)14-11-19-9-12-21(13-10-19)25-15-5-8-23(25)27/h2-4,6-7,9-14H,5,8,15-18H2,1H3/b14-11+. The first-order chi connectivity index (χ1) is 13.7. The van der Waals surface area contributed by atoms with Gasteiger partial charge < -0.3 is 14.5 Å². The van der Waals surface area contributed by atoms with Crippen LogP contribution in [0.5, 0.6) is 0 Å². The molecule has 0 atom stereocenters. The maximum absolute atomic E-state index is 12.7. The van der Waals surface area contributed by atoms with E-state index in [9.17, 15) is 9.59 Å². The van der Waals surface area contributed by atoms with Crippen molar-refractivity contribution in [3.8, 4) is 0 Å². The van der Waals surface area contributed by atoms with E-state index in [4.69, 9.17) is 4.74 Å². The van der Waals surface area contributed by atoms with E-state index in [1.54, 1.807) is 18.1 Å². The fraction of sp³-hybridized carbons (Fsp3) is 0.304. The molecule has 2 amide bonds. The molecule has 1 saturated heterocycles. The summed E-state index contributed by atoms with van der Waals surface area (Å²) < 4.78 is 5.14. The second kappa shape index (κ2) is 9.85. The molecule has 1 aliphatic rings. The van der Waals surface area contributed by atoms with Crippen molar-refractivity contribution in [3.05, 3.63) is 71.8 Å². The molecule has 1 aliphatic heterocycles. The smallest absolute Gasteiger partial charge is 0.246 e. The Morgan fingerprint density at radius 1 is 1.14 bits per heavy atom. The zero-order valence-corrected chi connectivity index (χ0v) is 16.2. The van der Waals surface area contributed by atoms with Gasteiger partial charge in [0.05, 0.1) is 6.61 Å². The Kier molecular flexibility index (Phi) is 6.98. The van der Waals surface area contributed by atoms with E-state index in [2.05, 4.69) is 0 Å². The lowest BCUT2D eigenvalue weighted by molar-refractivity contribution is -0.127. The van der Waals surface area contributed by atoms with Crippen LogP contribution < -0.4 is 4.90 Å². The van der Waals surface area contributed by atoms with Crippen LogP contribution in [0.4, 0.5) is 5.69 Å². The zero-order valence-electron chi connectivity index (χ0n) is 16.2. The van der Waals surface area contributed by atoms with Gasteiger partial charge in [0.25, 0.3) is 0 Å². The third-order valence-electron chi connectivity index (χ3n) is 4.79. The topological polar surface area (TPSA) is 49.9 Å². The molecule has 1 fully saturated rings. The minimum absolute atomic E-state index is 0.0558. The highest BCUT2D eigenvalue weighted by atomic mass is 16.5. The lowest BCUT2D eigenvalue weighted by Crippen LogP contribution is -2.32. The van der Waals surface area contributed by atoms with Crippen LogP contribution in [0.15, 0.2) is 60.7 Å². The van der Waals surface area contributed by atoms with E-state index in [0.717, 1.165) is 29.8 Å². The van der Waals surface area contributed by atoms with E-state index < -0.39 is 0 Å². The molecule has 28 heavy (non-hydrogen) atoms. The van der Waals surface area contributed by atoms with Crippen LogP contribution >= 0.6 is 0 Å². The number of methoxy groups -OCH3 is 1. The quantitative estimate of drug-likeness (QED) is 0.661. The number of amides is 2. The van der Waals surface area contributed by atoms with E-state index in [0.29, 0.717) is 26.1 Å². The number of hydrogen-bond donors (Lipinski definition) is 0. The Balaban J connectivity index is 1.64. The maximum Gasteiger partial charge on any atom is 0.246 e. The maximum atomic E-state index is 12.7. The van der Waals surface area contributed by atoms with Gasteiger partial charge in [-0.05, 0) is 35.8 Å². The molecule has 1 heterocycles. The Hall–Kier alpha value is -2.92. The van der Waals surface area contributed by atoms with E-state index >= 15 is 0 Å². The summed E-state index contributed by atoms with van der Waals surface area (Å²) >= 11 is 0. The van der Waals surface area contributed by atoms with Gasteiger partial charge in [0.15, 0.2) is 0 Å². The Labute approximate surface area is 166 Å². The fourth-order valence-electron chi connectivity index (χ4n) is 3.23. The molecule has 5 heteroatoms. The Morgan fingerprint density at radius 2 is 1.89 bits per heavy atom. The molecular formula is C23H26N2O3. The van der Waals surface area contributed by atoms with Crippen LogP contribution in [0.2, 0.25) is 0 Å². The molecule has 0 spiro atoms. The summed E-state index contributed by atoms with van der Waals surface area (Å²) in [5.74, 6) is 0.118. The highest BCUT2D eigenvalue weighted by molar-refractivity contribution is 5.95. The van der Waals surface area contributed by atoms with Crippen LogP contribution in [0.25, 0.3) is 6.08 Å². The van der Waals surface area contributed by atoms with Crippen LogP contribution in [0.3, 0.4) is 0 Å². The molecule has 0 aromatic heterocycles. The lowest BCUT2D eigenvalue weighted by atomic mass is 10.1. The molecule has 0 unspecified atom stereocenters. The van der Waals surface area contributed by atoms with Gasteiger partial charge in [0.2, 0.25) is 11.8 Å². The molecule has 0 radical (unpaired) electrons. The predicted molar refractivity (Wildman–Crippen MR) is 111 cm³/mol. The van der Waals surface area contributed by atoms with Gasteiger partial charge in [0.1, 0.15) is 0 Å². The van der Waals surface area contributed by atoms with Crippen LogP contribution in [-0.4, -0.2) is 43.5 Å². The van der Waals surface area contributed by atoms with Crippen molar-refractivity contribution in [1.29, 1.82) is 0 Å². The van der Waals surface area contributed by atoms with E-state index in [1.165, 1.54) is 0 Å². The van der Waals surface area contributed by atoms with Crippen molar-refractivity contribution in [1.82, 2.24) is 4.90 Å². The van der Waals surface area contributed by atoms with Gasteiger partial charge in [0, 0.05) is 44.9 Å². The summed E-state index contributed by atoms with van der Waals surface area (Å²) in [6.45, 7) is 2.35. The number of nitrogens with zero attached hydrogens (tertiary/aromatic N) is 2. The number of benzene rings is 2. The minimum Gasteiger partial charge on any atom is -0.383 e. The van der Waals surface area contributed by atoms with Crippen molar-refractivity contribution in [2.75, 3.05) is 31.7 Å². The summed E-state index contributed by atoms with van der Waals surface area (Å²) in [6, 6.07) is 17.6. The van der Waals surface area contributed by atoms with Crippen molar-refractivity contribution in [2.24, 2.45) is 0 Å². The SMILES string of the molecule is COCCN(Cc1ccccc1)C(=O)/C=C/c1ccc(N2CCCC2=O)cc1. The fourth-order valence-corrected chi connectivity index (χ4v) is 3.23. The number of hydrogen-bond acceptors (Lipinski definition) is 3. The van der Waals surface area contributed by atoms with Crippen LogP contribution in [-0.2, 0) is 20.9 Å². The number of rotatable bonds is 8. The molecule has 2 aromatic rings. The van der Waals surface area contributed by atoms with Crippen LogP contribution in [0.1, 0.15) is 24.0 Å². The van der Waals surface area contributed by atoms with Crippen molar-refractivity contribution >= 4 is 23.6 Å². The van der Waals surface area contributed by atoms with Gasteiger partial charge in [-0.25, -0.2) is 0 Å². The molecule has 0 saturated carbocycles. The lowest BCUT2D eigenvalue weighted by Gasteiger charge is -2.21. The first kappa shape index (κ1) is 19.8. The van der Waals surface area contributed by atoms with Crippen molar-refractivity contribution in [2.45, 2.75) is 19.4 Å². The second-order valence-corrected chi connectivity index (χ2v) is 6.81. The summed E-state index contributed by atoms with van der Waals surface area (Å²) in [5.41, 5.74) is 2.92. The monoisotopic (exact) mass is 378 g/mol. The second-order valence-electron chi connectivity index (χ2n) is 6.81. The minimum atomic E-state index is -0.0558. The van der Waals surface area contributed by atoms with Gasteiger partial charge in [-0.2, -0.15) is 0 Å².